The highest BCUT2D eigenvalue weighted by Gasteiger charge is 2.39. The second-order valence-corrected chi connectivity index (χ2v) is 6.29. The molecule has 6 heteroatoms. The van der Waals surface area contributed by atoms with E-state index in [4.69, 9.17) is 9.47 Å². The third kappa shape index (κ3) is 3.13. The Hall–Kier alpha value is -3.54. The number of fused-ring (bicyclic) bond motifs is 1. The van der Waals surface area contributed by atoms with E-state index in [-0.39, 0.29) is 5.91 Å². The first-order valence-corrected chi connectivity index (χ1v) is 9.14. The number of hydrogen-bond donors (Lipinski definition) is 1. The van der Waals surface area contributed by atoms with Gasteiger partial charge >= 0.3 is 0 Å². The fourth-order valence-electron chi connectivity index (χ4n) is 3.34. The summed E-state index contributed by atoms with van der Waals surface area (Å²) in [6.07, 6.45) is 1.26. The van der Waals surface area contributed by atoms with Gasteiger partial charge < -0.3 is 14.8 Å². The van der Waals surface area contributed by atoms with Gasteiger partial charge in [-0.2, -0.15) is 0 Å². The number of para-hydroxylation sites is 2. The Morgan fingerprint density at radius 1 is 1.07 bits per heavy atom. The Bertz CT molecular complexity index is 988. The van der Waals surface area contributed by atoms with E-state index in [2.05, 4.69) is 10.3 Å². The molecule has 4 rings (SSSR count). The quantitative estimate of drug-likeness (QED) is 0.697. The molecule has 0 fully saturated rings. The molecule has 3 aromatic rings. The van der Waals surface area contributed by atoms with Crippen molar-refractivity contribution in [1.82, 2.24) is 4.98 Å². The first-order chi connectivity index (χ1) is 13.7. The summed E-state index contributed by atoms with van der Waals surface area (Å²) in [6.45, 7) is 2.50. The van der Waals surface area contributed by atoms with Crippen LogP contribution in [0, 0.1) is 0 Å². The fraction of sp³-hybridized carbons (Fsp3) is 0.182. The number of anilines is 2. The summed E-state index contributed by atoms with van der Waals surface area (Å²) >= 11 is 0. The fourth-order valence-corrected chi connectivity index (χ4v) is 3.34. The van der Waals surface area contributed by atoms with Gasteiger partial charge in [-0.25, -0.2) is 0 Å². The van der Waals surface area contributed by atoms with Gasteiger partial charge in [0, 0.05) is 11.9 Å². The molecule has 28 heavy (non-hydrogen) atoms. The number of benzene rings is 2. The number of amides is 1. The van der Waals surface area contributed by atoms with Crippen LogP contribution in [-0.2, 0) is 0 Å². The van der Waals surface area contributed by atoms with Gasteiger partial charge in [-0.05, 0) is 55.5 Å². The van der Waals surface area contributed by atoms with E-state index in [1.807, 2.05) is 55.5 Å². The van der Waals surface area contributed by atoms with Crippen molar-refractivity contribution in [2.45, 2.75) is 13.1 Å². The van der Waals surface area contributed by atoms with E-state index in [0.717, 1.165) is 22.9 Å². The number of aromatic nitrogens is 1. The molecule has 0 saturated carbocycles. The third-order valence-corrected chi connectivity index (χ3v) is 4.63. The summed E-state index contributed by atoms with van der Waals surface area (Å²) in [5.41, 5.74) is 2.84. The molecule has 1 N–H and O–H groups in total. The molecule has 142 valence electrons. The molecule has 1 amide bonds. The number of nitrogens with zero attached hydrogens (tertiary/aromatic N) is 2. The standard InChI is InChI=1S/C22H21N3O3/c1-3-28-19-9-5-4-8-18(19)24-21-20-17(7-6-14-23-20)22(26)25(21)15-10-12-16(27-2)13-11-15/h4-14,21,24H,3H2,1-2H3. The second kappa shape index (κ2) is 7.60. The molecule has 1 aliphatic heterocycles. The molecule has 0 radical (unpaired) electrons. The summed E-state index contributed by atoms with van der Waals surface area (Å²) in [7, 11) is 1.62. The van der Waals surface area contributed by atoms with Crippen LogP contribution in [-0.4, -0.2) is 24.6 Å². The lowest BCUT2D eigenvalue weighted by Gasteiger charge is -2.27. The summed E-state index contributed by atoms with van der Waals surface area (Å²) in [5, 5.41) is 3.44. The molecule has 0 bridgehead atoms. The topological polar surface area (TPSA) is 63.7 Å². The third-order valence-electron chi connectivity index (χ3n) is 4.63. The van der Waals surface area contributed by atoms with Gasteiger partial charge in [0.2, 0.25) is 0 Å². The van der Waals surface area contributed by atoms with E-state index in [9.17, 15) is 4.79 Å². The summed E-state index contributed by atoms with van der Waals surface area (Å²) < 4.78 is 11.0. The first-order valence-electron chi connectivity index (χ1n) is 9.14. The van der Waals surface area contributed by atoms with E-state index >= 15 is 0 Å². The van der Waals surface area contributed by atoms with Gasteiger partial charge in [-0.1, -0.05) is 12.1 Å². The zero-order valence-electron chi connectivity index (χ0n) is 15.8. The molecule has 0 aliphatic carbocycles. The second-order valence-electron chi connectivity index (χ2n) is 6.29. The summed E-state index contributed by atoms with van der Waals surface area (Å²) in [5.74, 6) is 1.37. The van der Waals surface area contributed by atoms with Crippen LogP contribution >= 0.6 is 0 Å². The molecule has 1 unspecified atom stereocenters. The minimum Gasteiger partial charge on any atom is -0.497 e. The van der Waals surface area contributed by atoms with Crippen molar-refractivity contribution in [2.75, 3.05) is 23.9 Å². The molecule has 1 atom stereocenters. The zero-order chi connectivity index (χ0) is 19.5. The largest absolute Gasteiger partial charge is 0.497 e. The highest BCUT2D eigenvalue weighted by molar-refractivity contribution is 6.11. The number of nitrogens with one attached hydrogen (secondary N) is 1. The number of hydrogen-bond acceptors (Lipinski definition) is 5. The Kier molecular flexibility index (Phi) is 4.85. The molecule has 1 aromatic heterocycles. The number of pyridine rings is 1. The van der Waals surface area contributed by atoms with E-state index < -0.39 is 6.17 Å². The lowest BCUT2D eigenvalue weighted by Crippen LogP contribution is -2.32. The van der Waals surface area contributed by atoms with Crippen molar-refractivity contribution in [3.63, 3.8) is 0 Å². The van der Waals surface area contributed by atoms with Gasteiger partial charge in [-0.3, -0.25) is 14.7 Å². The van der Waals surface area contributed by atoms with E-state index in [1.165, 1.54) is 0 Å². The van der Waals surface area contributed by atoms with Gasteiger partial charge in [0.25, 0.3) is 5.91 Å². The molecule has 1 aliphatic rings. The van der Waals surface area contributed by atoms with Crippen molar-refractivity contribution in [3.05, 3.63) is 78.1 Å². The lowest BCUT2D eigenvalue weighted by molar-refractivity contribution is 0.0993. The molecule has 0 saturated heterocycles. The van der Waals surface area contributed by atoms with Gasteiger partial charge in [0.1, 0.15) is 11.5 Å². The normalized spacial score (nSPS) is 15.3. The minimum atomic E-state index is -0.446. The van der Waals surface area contributed by atoms with E-state index in [0.29, 0.717) is 17.9 Å². The Balaban J connectivity index is 1.76. The van der Waals surface area contributed by atoms with Crippen LogP contribution in [0.2, 0.25) is 0 Å². The number of ether oxygens (including phenoxy) is 2. The van der Waals surface area contributed by atoms with Crippen LogP contribution in [0.25, 0.3) is 0 Å². The molecular formula is C22H21N3O3. The van der Waals surface area contributed by atoms with Crippen LogP contribution in [0.1, 0.15) is 29.1 Å². The van der Waals surface area contributed by atoms with Crippen LogP contribution in [0.5, 0.6) is 11.5 Å². The van der Waals surface area contributed by atoms with Crippen molar-refractivity contribution in [2.24, 2.45) is 0 Å². The molecule has 6 nitrogen and oxygen atoms in total. The van der Waals surface area contributed by atoms with Crippen LogP contribution in [0.3, 0.4) is 0 Å². The molecular weight excluding hydrogens is 354 g/mol. The monoisotopic (exact) mass is 375 g/mol. The van der Waals surface area contributed by atoms with Gasteiger partial charge in [0.05, 0.1) is 30.7 Å². The maximum atomic E-state index is 13.1. The first kappa shape index (κ1) is 17.9. The van der Waals surface area contributed by atoms with Crippen molar-refractivity contribution in [1.29, 1.82) is 0 Å². The number of rotatable bonds is 6. The number of carbonyl (C=O) groups is 1. The number of carbonyl (C=O) groups excluding carboxylic acids is 1. The van der Waals surface area contributed by atoms with E-state index in [1.54, 1.807) is 30.3 Å². The highest BCUT2D eigenvalue weighted by atomic mass is 16.5. The lowest BCUT2D eigenvalue weighted by atomic mass is 10.2. The highest BCUT2D eigenvalue weighted by Crippen LogP contribution is 2.39. The summed E-state index contributed by atoms with van der Waals surface area (Å²) in [4.78, 5) is 19.3. The SMILES string of the molecule is CCOc1ccccc1NC1c2ncccc2C(=O)N1c1ccc(OC)cc1. The van der Waals surface area contributed by atoms with Gasteiger partial charge in [0.15, 0.2) is 6.17 Å². The molecule has 2 heterocycles. The van der Waals surface area contributed by atoms with Gasteiger partial charge in [-0.15, -0.1) is 0 Å². The van der Waals surface area contributed by atoms with Crippen LogP contribution in [0.4, 0.5) is 11.4 Å². The Morgan fingerprint density at radius 3 is 2.61 bits per heavy atom. The molecule has 0 spiro atoms. The van der Waals surface area contributed by atoms with Crippen LogP contribution in [0.15, 0.2) is 66.9 Å². The predicted molar refractivity (Wildman–Crippen MR) is 108 cm³/mol. The minimum absolute atomic E-state index is 0.0975. The zero-order valence-corrected chi connectivity index (χ0v) is 15.8. The predicted octanol–water partition coefficient (Wildman–Crippen LogP) is 4.26. The number of methoxy groups -OCH3 is 1. The maximum Gasteiger partial charge on any atom is 0.262 e. The van der Waals surface area contributed by atoms with Crippen molar-refractivity contribution < 1.29 is 14.3 Å². The Labute approximate surface area is 163 Å². The summed E-state index contributed by atoms with van der Waals surface area (Å²) in [6, 6.07) is 18.7. The average Bonchev–Trinajstić information content (AvgIpc) is 3.02. The van der Waals surface area contributed by atoms with Crippen molar-refractivity contribution in [3.8, 4) is 11.5 Å². The maximum absolute atomic E-state index is 13.1. The average molecular weight is 375 g/mol. The smallest absolute Gasteiger partial charge is 0.262 e. The van der Waals surface area contributed by atoms with Crippen molar-refractivity contribution >= 4 is 17.3 Å². The Morgan fingerprint density at radius 2 is 1.86 bits per heavy atom. The van der Waals surface area contributed by atoms with Crippen LogP contribution < -0.4 is 19.7 Å². The molecule has 2 aromatic carbocycles.